The Morgan fingerprint density at radius 2 is 1.61 bits per heavy atom. The summed E-state index contributed by atoms with van der Waals surface area (Å²) in [7, 11) is 0. The van der Waals surface area contributed by atoms with Crippen molar-refractivity contribution in [1.82, 2.24) is 20.4 Å². The Labute approximate surface area is 192 Å². The number of carbonyl (C=O) groups is 3. The van der Waals surface area contributed by atoms with Crippen molar-refractivity contribution < 1.29 is 14.4 Å². The summed E-state index contributed by atoms with van der Waals surface area (Å²) in [4.78, 5) is 36.2. The van der Waals surface area contributed by atoms with Crippen LogP contribution in [0, 0.1) is 6.92 Å². The number of halogens is 2. The minimum Gasteiger partial charge on any atom is -0.350 e. The van der Waals surface area contributed by atoms with Crippen molar-refractivity contribution >= 4 is 51.1 Å². The lowest BCUT2D eigenvalue weighted by Crippen LogP contribution is -2.40. The topological polar surface area (TPSA) is 105 Å². The first-order valence-electron chi connectivity index (χ1n) is 9.28. The molecule has 0 radical (unpaired) electrons. The molecule has 0 bridgehead atoms. The number of anilines is 1. The van der Waals surface area contributed by atoms with E-state index in [1.165, 1.54) is 0 Å². The fourth-order valence-electron chi connectivity index (χ4n) is 2.61. The normalized spacial score (nSPS) is 10.4. The zero-order valence-electron chi connectivity index (χ0n) is 16.5. The Bertz CT molecular complexity index is 1100. The van der Waals surface area contributed by atoms with Crippen molar-refractivity contribution in [3.8, 4) is 5.69 Å². The smallest absolute Gasteiger partial charge is 0.314 e. The van der Waals surface area contributed by atoms with Crippen LogP contribution in [0.15, 0.2) is 59.2 Å². The summed E-state index contributed by atoms with van der Waals surface area (Å²) in [6, 6.07) is 13.9. The Kier molecular flexibility index (Phi) is 7.43. The lowest BCUT2D eigenvalue weighted by atomic mass is 10.2. The predicted octanol–water partition coefficient (Wildman–Crippen LogP) is 3.08. The van der Waals surface area contributed by atoms with Crippen molar-refractivity contribution in [2.75, 3.05) is 18.4 Å². The molecule has 0 spiro atoms. The number of aryl methyl sites for hydroxylation is 1. The molecule has 3 amide bonds. The number of carbonyl (C=O) groups excluding carboxylic acids is 3. The first kappa shape index (κ1) is 22.5. The van der Waals surface area contributed by atoms with E-state index in [1.807, 2.05) is 0 Å². The Morgan fingerprint density at radius 1 is 0.968 bits per heavy atom. The molecule has 3 N–H and O–H groups in total. The maximum absolute atomic E-state index is 12.2. The monoisotopic (exact) mass is 503 g/mol. The number of rotatable bonds is 6. The standard InChI is InChI=1S/C21H19BrClN5O3/c1-13-12-28(17-8-6-16(23)7-9-17)27-18(13)26-21(31)20(30)25-11-10-24-19(29)14-2-4-15(22)5-3-14/h2-9,12H,10-11H2,1H3,(H,24,29)(H,25,30)(H,26,27,31). The number of nitrogens with zero attached hydrogens (tertiary/aromatic N) is 2. The molecule has 0 aliphatic heterocycles. The van der Waals surface area contributed by atoms with Gasteiger partial charge in [0.05, 0.1) is 5.69 Å². The maximum Gasteiger partial charge on any atom is 0.314 e. The molecular formula is C21H19BrClN5O3. The van der Waals surface area contributed by atoms with Crippen LogP contribution in [0.2, 0.25) is 5.02 Å². The first-order chi connectivity index (χ1) is 14.8. The highest BCUT2D eigenvalue weighted by molar-refractivity contribution is 9.10. The molecule has 0 aliphatic carbocycles. The van der Waals surface area contributed by atoms with Gasteiger partial charge in [-0.15, -0.1) is 5.10 Å². The van der Waals surface area contributed by atoms with Gasteiger partial charge < -0.3 is 16.0 Å². The van der Waals surface area contributed by atoms with Crippen molar-refractivity contribution in [3.05, 3.63) is 75.4 Å². The minimum absolute atomic E-state index is 0.104. The second-order valence-electron chi connectivity index (χ2n) is 6.55. The Hall–Kier alpha value is -3.17. The number of amides is 3. The largest absolute Gasteiger partial charge is 0.350 e. The maximum atomic E-state index is 12.2. The van der Waals surface area contributed by atoms with E-state index in [4.69, 9.17) is 11.6 Å². The quantitative estimate of drug-likeness (QED) is 0.354. The zero-order chi connectivity index (χ0) is 22.4. The molecule has 160 valence electrons. The van der Waals surface area contributed by atoms with Gasteiger partial charge in [-0.2, -0.15) is 0 Å². The highest BCUT2D eigenvalue weighted by atomic mass is 79.9. The van der Waals surface area contributed by atoms with Crippen molar-refractivity contribution in [2.45, 2.75) is 6.92 Å². The summed E-state index contributed by atoms with van der Waals surface area (Å²) in [5, 5.41) is 12.5. The van der Waals surface area contributed by atoms with Crippen LogP contribution in [0.1, 0.15) is 15.9 Å². The van der Waals surface area contributed by atoms with Crippen LogP contribution in [0.25, 0.3) is 5.69 Å². The summed E-state index contributed by atoms with van der Waals surface area (Å²) < 4.78 is 2.45. The Morgan fingerprint density at radius 3 is 2.29 bits per heavy atom. The zero-order valence-corrected chi connectivity index (χ0v) is 18.8. The molecule has 1 aromatic heterocycles. The third kappa shape index (κ3) is 6.16. The van der Waals surface area contributed by atoms with Crippen LogP contribution in [0.4, 0.5) is 5.82 Å². The molecule has 0 saturated carbocycles. The molecule has 0 atom stereocenters. The van der Waals surface area contributed by atoms with Crippen LogP contribution >= 0.6 is 27.5 Å². The van der Waals surface area contributed by atoms with E-state index >= 15 is 0 Å². The predicted molar refractivity (Wildman–Crippen MR) is 121 cm³/mol. The summed E-state index contributed by atoms with van der Waals surface area (Å²) in [5.74, 6) is -1.66. The van der Waals surface area contributed by atoms with Gasteiger partial charge in [0.1, 0.15) is 0 Å². The average Bonchev–Trinajstić information content (AvgIpc) is 3.12. The van der Waals surface area contributed by atoms with Crippen molar-refractivity contribution in [2.24, 2.45) is 0 Å². The van der Waals surface area contributed by atoms with Crippen LogP contribution in [-0.4, -0.2) is 40.6 Å². The van der Waals surface area contributed by atoms with Gasteiger partial charge in [0.25, 0.3) is 5.91 Å². The SMILES string of the molecule is Cc1cn(-c2ccc(Cl)cc2)nc1NC(=O)C(=O)NCCNC(=O)c1ccc(Br)cc1. The van der Waals surface area contributed by atoms with Gasteiger partial charge in [0.15, 0.2) is 5.82 Å². The molecule has 2 aromatic carbocycles. The van der Waals surface area contributed by atoms with Gasteiger partial charge in [-0.25, -0.2) is 4.68 Å². The molecule has 3 rings (SSSR count). The van der Waals surface area contributed by atoms with Crippen LogP contribution in [0.3, 0.4) is 0 Å². The summed E-state index contributed by atoms with van der Waals surface area (Å²) >= 11 is 9.19. The molecular weight excluding hydrogens is 486 g/mol. The van der Waals surface area contributed by atoms with Crippen LogP contribution in [-0.2, 0) is 9.59 Å². The van der Waals surface area contributed by atoms with E-state index in [-0.39, 0.29) is 24.8 Å². The molecule has 3 aromatic rings. The number of benzene rings is 2. The van der Waals surface area contributed by atoms with Gasteiger partial charge in [-0.05, 0) is 55.5 Å². The number of nitrogens with one attached hydrogen (secondary N) is 3. The highest BCUT2D eigenvalue weighted by Crippen LogP contribution is 2.17. The van der Waals surface area contributed by atoms with Crippen molar-refractivity contribution in [3.63, 3.8) is 0 Å². The van der Waals surface area contributed by atoms with E-state index in [0.717, 1.165) is 10.2 Å². The number of aromatic nitrogens is 2. The molecule has 1 heterocycles. The fourth-order valence-corrected chi connectivity index (χ4v) is 3.00. The van der Waals surface area contributed by atoms with Gasteiger partial charge >= 0.3 is 11.8 Å². The van der Waals surface area contributed by atoms with E-state index in [0.29, 0.717) is 16.1 Å². The van der Waals surface area contributed by atoms with Gasteiger partial charge in [0, 0.05) is 39.9 Å². The molecule has 8 nitrogen and oxygen atoms in total. The van der Waals surface area contributed by atoms with Crippen LogP contribution in [0.5, 0.6) is 0 Å². The molecule has 10 heteroatoms. The molecule has 0 saturated heterocycles. The fraction of sp³-hybridized carbons (Fsp3) is 0.143. The summed E-state index contributed by atoms with van der Waals surface area (Å²) in [6.45, 7) is 2.05. The third-order valence-electron chi connectivity index (χ3n) is 4.23. The highest BCUT2D eigenvalue weighted by Gasteiger charge is 2.17. The molecule has 0 unspecified atom stereocenters. The van der Waals surface area contributed by atoms with Gasteiger partial charge in [-0.3, -0.25) is 14.4 Å². The number of hydrogen-bond donors (Lipinski definition) is 3. The van der Waals surface area contributed by atoms with Crippen molar-refractivity contribution in [1.29, 1.82) is 0 Å². The minimum atomic E-state index is -0.844. The molecule has 0 aliphatic rings. The second kappa shape index (κ2) is 10.2. The summed E-state index contributed by atoms with van der Waals surface area (Å²) in [6.07, 6.45) is 1.73. The van der Waals surface area contributed by atoms with E-state index in [9.17, 15) is 14.4 Å². The average molecular weight is 505 g/mol. The first-order valence-corrected chi connectivity index (χ1v) is 10.5. The Balaban J connectivity index is 1.47. The molecule has 31 heavy (non-hydrogen) atoms. The van der Waals surface area contributed by atoms with E-state index in [1.54, 1.807) is 66.3 Å². The number of hydrogen-bond acceptors (Lipinski definition) is 4. The third-order valence-corrected chi connectivity index (χ3v) is 5.01. The lowest BCUT2D eigenvalue weighted by molar-refractivity contribution is -0.136. The van der Waals surface area contributed by atoms with Crippen LogP contribution < -0.4 is 16.0 Å². The lowest BCUT2D eigenvalue weighted by Gasteiger charge is -2.07. The van der Waals surface area contributed by atoms with E-state index in [2.05, 4.69) is 37.0 Å². The molecule has 0 fully saturated rings. The van der Waals surface area contributed by atoms with E-state index < -0.39 is 11.8 Å². The van der Waals surface area contributed by atoms with Gasteiger partial charge in [0.2, 0.25) is 0 Å². The second-order valence-corrected chi connectivity index (χ2v) is 7.91. The summed E-state index contributed by atoms with van der Waals surface area (Å²) in [5.41, 5.74) is 1.95. The van der Waals surface area contributed by atoms with Gasteiger partial charge in [-0.1, -0.05) is 27.5 Å².